The van der Waals surface area contributed by atoms with E-state index in [1.807, 2.05) is 6.92 Å². The Labute approximate surface area is 207 Å². The molecule has 0 heterocycles. The van der Waals surface area contributed by atoms with Crippen LogP contribution < -0.4 is 20.7 Å². The first-order valence-electron chi connectivity index (χ1n) is 11.2. The summed E-state index contributed by atoms with van der Waals surface area (Å²) in [5, 5.41) is 8.32. The Bertz CT molecular complexity index is 519. The molecule has 0 aliphatic rings. The van der Waals surface area contributed by atoms with E-state index in [-0.39, 0.29) is 42.8 Å². The van der Waals surface area contributed by atoms with Crippen molar-refractivity contribution in [3.63, 3.8) is 0 Å². The summed E-state index contributed by atoms with van der Waals surface area (Å²) in [7, 11) is 0. The minimum atomic E-state index is -0.388. The molecule has 0 rings (SSSR count). The van der Waals surface area contributed by atoms with E-state index >= 15 is 0 Å². The van der Waals surface area contributed by atoms with Crippen molar-refractivity contribution in [2.24, 2.45) is 0 Å². The quantitative estimate of drug-likeness (QED) is 0.0735. The summed E-state index contributed by atoms with van der Waals surface area (Å²) in [6.45, 7) is 6.91. The van der Waals surface area contributed by atoms with Gasteiger partial charge in [-0.2, -0.15) is 0 Å². The Morgan fingerprint density at radius 3 is 1.85 bits per heavy atom. The van der Waals surface area contributed by atoms with Crippen molar-refractivity contribution >= 4 is 42.4 Å². The fourth-order valence-electron chi connectivity index (χ4n) is 2.40. The maximum atomic E-state index is 11.7. The van der Waals surface area contributed by atoms with Crippen molar-refractivity contribution < 1.29 is 33.3 Å². The number of ether oxygens (including phenoxy) is 4. The number of thiol groups is 2. The standard InChI is InChI=1S/C20H40N4O7S2/c1-2-21-7-9-28-11-13-31-16-19(26)23-8-10-29-12-14-30-15-18(25)22-6-4-3-5-17(24-33)20(27)32/h17,21,24,33H,2-16H2,1H3,(H,22,25)(H,23,26)(H,27,32). The summed E-state index contributed by atoms with van der Waals surface area (Å²) in [4.78, 5) is 34.4. The normalized spacial score (nSPS) is 11.8. The monoisotopic (exact) mass is 512 g/mol. The van der Waals surface area contributed by atoms with E-state index in [1.54, 1.807) is 0 Å². The highest BCUT2D eigenvalue weighted by molar-refractivity contribution is 7.96. The number of hydrogen-bond donors (Lipinski definition) is 6. The van der Waals surface area contributed by atoms with Crippen LogP contribution in [0.2, 0.25) is 0 Å². The highest BCUT2D eigenvalue weighted by Crippen LogP contribution is 2.04. The van der Waals surface area contributed by atoms with Gasteiger partial charge in [-0.3, -0.25) is 19.1 Å². The lowest BCUT2D eigenvalue weighted by Crippen LogP contribution is -2.31. The number of amides is 2. The van der Waals surface area contributed by atoms with Crippen LogP contribution in [0.3, 0.4) is 0 Å². The third-order valence-corrected chi connectivity index (χ3v) is 4.77. The average Bonchev–Trinajstić information content (AvgIpc) is 2.79. The van der Waals surface area contributed by atoms with Crippen LogP contribution in [0.4, 0.5) is 0 Å². The Morgan fingerprint density at radius 2 is 1.30 bits per heavy atom. The lowest BCUT2D eigenvalue weighted by atomic mass is 10.1. The third kappa shape index (κ3) is 22.6. The zero-order valence-electron chi connectivity index (χ0n) is 19.4. The Hall–Kier alpha value is -0.930. The van der Waals surface area contributed by atoms with E-state index in [0.29, 0.717) is 52.5 Å². The van der Waals surface area contributed by atoms with Crippen LogP contribution in [0.25, 0.3) is 0 Å². The molecule has 0 bridgehead atoms. The lowest BCUT2D eigenvalue weighted by molar-refractivity contribution is -0.127. The zero-order valence-corrected chi connectivity index (χ0v) is 21.2. The molecule has 0 aromatic rings. The highest BCUT2D eigenvalue weighted by Gasteiger charge is 2.12. The molecule has 4 N–H and O–H groups in total. The second kappa shape index (κ2) is 24.2. The smallest absolute Gasteiger partial charge is 0.246 e. The second-order valence-corrected chi connectivity index (χ2v) is 7.60. The molecular weight excluding hydrogens is 472 g/mol. The van der Waals surface area contributed by atoms with Gasteiger partial charge in [0.25, 0.3) is 0 Å². The van der Waals surface area contributed by atoms with E-state index in [9.17, 15) is 14.4 Å². The van der Waals surface area contributed by atoms with Gasteiger partial charge in [0.15, 0.2) is 0 Å². The second-order valence-electron chi connectivity index (χ2n) is 6.90. The largest absolute Gasteiger partial charge is 0.378 e. The van der Waals surface area contributed by atoms with Crippen molar-refractivity contribution in [2.75, 3.05) is 79.0 Å². The molecule has 194 valence electrons. The van der Waals surface area contributed by atoms with Crippen molar-refractivity contribution in [3.05, 3.63) is 0 Å². The molecule has 1 atom stereocenters. The van der Waals surface area contributed by atoms with Gasteiger partial charge in [-0.15, -0.1) is 12.6 Å². The molecule has 2 amide bonds. The van der Waals surface area contributed by atoms with Crippen molar-refractivity contribution in [1.82, 2.24) is 20.7 Å². The molecule has 0 radical (unpaired) electrons. The fraction of sp³-hybridized carbons (Fsp3) is 0.850. The van der Waals surface area contributed by atoms with E-state index in [2.05, 4.69) is 46.1 Å². The van der Waals surface area contributed by atoms with Crippen LogP contribution in [0.15, 0.2) is 0 Å². The summed E-state index contributed by atoms with van der Waals surface area (Å²) in [5.74, 6) is -0.423. The minimum absolute atomic E-state index is 0.0191. The molecule has 11 nitrogen and oxygen atoms in total. The van der Waals surface area contributed by atoms with Gasteiger partial charge in [0.05, 0.1) is 45.7 Å². The number of rotatable bonds is 24. The molecule has 0 aliphatic heterocycles. The van der Waals surface area contributed by atoms with Gasteiger partial charge in [-0.25, -0.2) is 0 Å². The van der Waals surface area contributed by atoms with Crippen molar-refractivity contribution in [2.45, 2.75) is 32.2 Å². The van der Waals surface area contributed by atoms with E-state index in [4.69, 9.17) is 18.9 Å². The summed E-state index contributed by atoms with van der Waals surface area (Å²) in [5.41, 5.74) is 0. The summed E-state index contributed by atoms with van der Waals surface area (Å²) in [6, 6.07) is -0.388. The van der Waals surface area contributed by atoms with Gasteiger partial charge >= 0.3 is 0 Å². The molecule has 0 aromatic heterocycles. The van der Waals surface area contributed by atoms with Gasteiger partial charge in [0.2, 0.25) is 16.9 Å². The Balaban J connectivity index is 3.37. The predicted octanol–water partition coefficient (Wildman–Crippen LogP) is -0.676. The first-order valence-corrected chi connectivity index (χ1v) is 12.1. The molecule has 0 saturated heterocycles. The molecule has 0 spiro atoms. The molecule has 0 fully saturated rings. The van der Waals surface area contributed by atoms with Gasteiger partial charge < -0.3 is 34.9 Å². The van der Waals surface area contributed by atoms with E-state index in [1.165, 1.54) is 0 Å². The van der Waals surface area contributed by atoms with Crippen LogP contribution in [-0.2, 0) is 33.3 Å². The lowest BCUT2D eigenvalue weighted by Gasteiger charge is -2.11. The third-order valence-electron chi connectivity index (χ3n) is 4.15. The Morgan fingerprint density at radius 1 is 0.758 bits per heavy atom. The molecule has 0 aliphatic carbocycles. The summed E-state index contributed by atoms with van der Waals surface area (Å²) < 4.78 is 23.7. The van der Waals surface area contributed by atoms with Crippen LogP contribution >= 0.6 is 25.4 Å². The maximum absolute atomic E-state index is 11.7. The van der Waals surface area contributed by atoms with Crippen LogP contribution in [0.1, 0.15) is 26.2 Å². The first kappa shape index (κ1) is 32.1. The summed E-state index contributed by atoms with van der Waals surface area (Å²) in [6.07, 6.45) is 2.10. The van der Waals surface area contributed by atoms with Crippen LogP contribution in [0.5, 0.6) is 0 Å². The predicted molar refractivity (Wildman–Crippen MR) is 132 cm³/mol. The summed E-state index contributed by atoms with van der Waals surface area (Å²) >= 11 is 7.65. The topological polar surface area (TPSA) is 136 Å². The minimum Gasteiger partial charge on any atom is -0.378 e. The zero-order chi connectivity index (χ0) is 24.6. The number of likely N-dealkylation sites (N-methyl/N-ethyl adjacent to an activating group) is 1. The molecule has 1 unspecified atom stereocenters. The first-order chi connectivity index (χ1) is 16.0. The molecule has 33 heavy (non-hydrogen) atoms. The van der Waals surface area contributed by atoms with Gasteiger partial charge in [-0.1, -0.05) is 19.7 Å². The van der Waals surface area contributed by atoms with Crippen LogP contribution in [0, 0.1) is 0 Å². The van der Waals surface area contributed by atoms with Gasteiger partial charge in [-0.05, 0) is 25.8 Å². The van der Waals surface area contributed by atoms with Gasteiger partial charge in [0.1, 0.15) is 13.2 Å². The highest BCUT2D eigenvalue weighted by atomic mass is 32.1. The Kier molecular flexibility index (Phi) is 23.5. The number of hydrogen-bond acceptors (Lipinski definition) is 10. The fourth-order valence-corrected chi connectivity index (χ4v) is 2.94. The number of carbonyl (C=O) groups excluding carboxylic acids is 3. The van der Waals surface area contributed by atoms with Crippen molar-refractivity contribution in [3.8, 4) is 0 Å². The molecule has 0 aromatic carbocycles. The average molecular weight is 513 g/mol. The molecular formula is C20H40N4O7S2. The maximum Gasteiger partial charge on any atom is 0.246 e. The molecule has 0 saturated carbocycles. The molecule has 13 heteroatoms. The SMILES string of the molecule is CCNCCOCCOCC(=O)NCCOCCOCC(=O)NCCCCC(NS)C(=O)S. The van der Waals surface area contributed by atoms with Crippen LogP contribution in [-0.4, -0.2) is 102 Å². The number of carbonyl (C=O) groups is 3. The number of unbranched alkanes of at least 4 members (excludes halogenated alkanes) is 1. The van der Waals surface area contributed by atoms with Crippen molar-refractivity contribution in [1.29, 1.82) is 0 Å². The van der Waals surface area contributed by atoms with Gasteiger partial charge in [0, 0.05) is 19.6 Å². The van der Waals surface area contributed by atoms with E-state index in [0.717, 1.165) is 25.9 Å². The van der Waals surface area contributed by atoms with E-state index < -0.39 is 0 Å². The number of nitrogens with one attached hydrogen (secondary N) is 4.